The molecule has 1 saturated heterocycles. The summed E-state index contributed by atoms with van der Waals surface area (Å²) in [5.41, 5.74) is 7.22. The van der Waals surface area contributed by atoms with Crippen LogP contribution in [0.1, 0.15) is 18.2 Å². The average Bonchev–Trinajstić information content (AvgIpc) is 3.03. The van der Waals surface area contributed by atoms with Gasteiger partial charge in [0.25, 0.3) is 5.56 Å². The predicted molar refractivity (Wildman–Crippen MR) is 102 cm³/mol. The Kier molecular flexibility index (Phi) is 8.43. The van der Waals surface area contributed by atoms with Crippen LogP contribution in [0.3, 0.4) is 0 Å². The molecule has 18 nitrogen and oxygen atoms in total. The molecule has 0 spiro atoms. The van der Waals surface area contributed by atoms with Crippen molar-refractivity contribution in [3.05, 3.63) is 43.0 Å². The van der Waals surface area contributed by atoms with Gasteiger partial charge in [-0.1, -0.05) is 5.11 Å². The molecule has 1 aliphatic heterocycles. The number of azide groups is 1. The maximum Gasteiger partial charge on any atom is 0.486 e. The number of H-pyrrole nitrogens is 1. The lowest BCUT2D eigenvalue weighted by molar-refractivity contribution is -0.128. The summed E-state index contributed by atoms with van der Waals surface area (Å²) in [4.78, 5) is 63.5. The van der Waals surface area contributed by atoms with E-state index in [1.807, 2.05) is 4.98 Å². The third kappa shape index (κ3) is 7.11. The molecule has 0 saturated carbocycles. The molecule has 0 aromatic carbocycles. The first-order valence-electron chi connectivity index (χ1n) is 8.55. The molecule has 34 heavy (non-hydrogen) atoms. The standard InChI is InChI=1S/C11H16F2N5O13P3/c1-5-3-18(10(20)15-9(5)19)8-2-6(16-17-14)7(29-8)4-28-33(24,25)31-34(26,27)30-11(12,13)32(21,22)23/h3,6-8H,2,4H2,1H3,(H,24,25)(H,26,27)(H,15,19,20)(H2,21,22,23)/t6-,7+,8+/m0/s1. The Morgan fingerprint density at radius 3 is 2.47 bits per heavy atom. The van der Waals surface area contributed by atoms with E-state index in [0.717, 1.165) is 10.8 Å². The second-order valence-corrected chi connectivity index (χ2v) is 11.1. The average molecular weight is 557 g/mol. The first kappa shape index (κ1) is 28.5. The predicted octanol–water partition coefficient (Wildman–Crippen LogP) is 0.790. The van der Waals surface area contributed by atoms with Gasteiger partial charge in [0.1, 0.15) is 6.23 Å². The first-order valence-corrected chi connectivity index (χ1v) is 13.2. The van der Waals surface area contributed by atoms with Crippen LogP contribution in [0.15, 0.2) is 20.9 Å². The van der Waals surface area contributed by atoms with E-state index in [-0.39, 0.29) is 12.0 Å². The van der Waals surface area contributed by atoms with Crippen molar-refractivity contribution in [2.45, 2.75) is 37.6 Å². The van der Waals surface area contributed by atoms with Crippen molar-refractivity contribution in [3.63, 3.8) is 0 Å². The summed E-state index contributed by atoms with van der Waals surface area (Å²) in [6.45, 7) is 0.347. The Hall–Kier alpha value is -1.78. The summed E-state index contributed by atoms with van der Waals surface area (Å²) in [6.07, 6.45) is -1.63. The Balaban J connectivity index is 2.13. The van der Waals surface area contributed by atoms with Gasteiger partial charge in [0.15, 0.2) is 0 Å². The summed E-state index contributed by atoms with van der Waals surface area (Å²) < 4.78 is 77.5. The fourth-order valence-corrected chi connectivity index (χ4v) is 5.27. The monoisotopic (exact) mass is 557 g/mol. The number of phosphoric ester groups is 2. The van der Waals surface area contributed by atoms with Crippen LogP contribution in [0.2, 0.25) is 0 Å². The second-order valence-electron chi connectivity index (χ2n) is 6.55. The van der Waals surface area contributed by atoms with Gasteiger partial charge in [-0.25, -0.2) is 18.4 Å². The van der Waals surface area contributed by atoms with E-state index < -0.39 is 65.3 Å². The molecule has 23 heteroatoms. The molecule has 0 bridgehead atoms. The van der Waals surface area contributed by atoms with E-state index in [1.165, 1.54) is 6.92 Å². The van der Waals surface area contributed by atoms with E-state index >= 15 is 0 Å². The van der Waals surface area contributed by atoms with Crippen LogP contribution in [0, 0.1) is 6.92 Å². The van der Waals surface area contributed by atoms with Gasteiger partial charge in [-0.2, -0.15) is 13.1 Å². The van der Waals surface area contributed by atoms with Gasteiger partial charge in [0, 0.05) is 23.1 Å². The van der Waals surface area contributed by atoms with Crippen molar-refractivity contribution in [1.82, 2.24) is 9.55 Å². The van der Waals surface area contributed by atoms with Gasteiger partial charge >= 0.3 is 34.8 Å². The van der Waals surface area contributed by atoms with Crippen LogP contribution in [-0.4, -0.2) is 53.7 Å². The Labute approximate surface area is 186 Å². The van der Waals surface area contributed by atoms with Crippen molar-refractivity contribution in [2.24, 2.45) is 5.11 Å². The fraction of sp³-hybridized carbons (Fsp3) is 0.636. The number of nitrogens with one attached hydrogen (secondary N) is 1. The minimum absolute atomic E-state index is 0.113. The lowest BCUT2D eigenvalue weighted by Crippen LogP contribution is -2.33. The number of aromatic nitrogens is 2. The number of phosphoric acid groups is 2. The van der Waals surface area contributed by atoms with Crippen molar-refractivity contribution >= 4 is 23.2 Å². The van der Waals surface area contributed by atoms with Gasteiger partial charge in [-0.05, 0) is 12.5 Å². The van der Waals surface area contributed by atoms with E-state index in [4.69, 9.17) is 24.9 Å². The molecule has 1 aromatic heterocycles. The van der Waals surface area contributed by atoms with Gasteiger partial charge < -0.3 is 24.3 Å². The van der Waals surface area contributed by atoms with Gasteiger partial charge in [-0.3, -0.25) is 23.4 Å². The van der Waals surface area contributed by atoms with Gasteiger partial charge in [-0.15, -0.1) is 0 Å². The highest BCUT2D eigenvalue weighted by Crippen LogP contribution is 2.67. The molecule has 0 amide bonds. The smallest absolute Gasteiger partial charge is 0.352 e. The largest absolute Gasteiger partial charge is 0.486 e. The number of ether oxygens (including phenoxy) is 1. The van der Waals surface area contributed by atoms with Crippen LogP contribution in [0.4, 0.5) is 8.78 Å². The van der Waals surface area contributed by atoms with E-state index in [0.29, 0.717) is 0 Å². The molecule has 1 fully saturated rings. The minimum Gasteiger partial charge on any atom is -0.352 e. The fourth-order valence-electron chi connectivity index (χ4n) is 2.55. The number of nitrogens with zero attached hydrogens (tertiary/aromatic N) is 4. The lowest BCUT2D eigenvalue weighted by atomic mass is 10.1. The maximum absolute atomic E-state index is 13.1. The quantitative estimate of drug-likeness (QED) is 0.115. The molecule has 5 atom stereocenters. The van der Waals surface area contributed by atoms with Crippen LogP contribution in [0.5, 0.6) is 0 Å². The molecular formula is C11H16F2N5O13P3. The van der Waals surface area contributed by atoms with Crippen molar-refractivity contribution in [3.8, 4) is 0 Å². The van der Waals surface area contributed by atoms with E-state index in [1.54, 1.807) is 0 Å². The molecule has 5 N–H and O–H groups in total. The number of aryl methyl sites for hydroxylation is 1. The highest BCUT2D eigenvalue weighted by Gasteiger charge is 2.57. The topological polar surface area (TPSA) is 273 Å². The normalized spacial score (nSPS) is 24.7. The highest BCUT2D eigenvalue weighted by molar-refractivity contribution is 7.61. The Morgan fingerprint density at radius 2 is 1.91 bits per heavy atom. The number of rotatable bonds is 10. The molecular weight excluding hydrogens is 541 g/mol. The Bertz CT molecular complexity index is 1240. The van der Waals surface area contributed by atoms with Gasteiger partial charge in [0.05, 0.1) is 18.8 Å². The number of alkyl halides is 2. The summed E-state index contributed by atoms with van der Waals surface area (Å²) in [7, 11) is -18.4. The third-order valence-corrected chi connectivity index (χ3v) is 7.53. The number of hydrogen-bond acceptors (Lipinski definition) is 10. The van der Waals surface area contributed by atoms with Gasteiger partial charge in [0.2, 0.25) is 0 Å². The zero-order chi connectivity index (χ0) is 26.1. The summed E-state index contributed by atoms with van der Waals surface area (Å²) in [5.74, 6) is -5.55. The number of aromatic amines is 1. The zero-order valence-corrected chi connectivity index (χ0v) is 19.3. The maximum atomic E-state index is 13.1. The van der Waals surface area contributed by atoms with Crippen molar-refractivity contribution < 1.29 is 60.1 Å². The molecule has 1 aromatic rings. The molecule has 0 radical (unpaired) electrons. The minimum atomic E-state index is -6.42. The van der Waals surface area contributed by atoms with E-state index in [9.17, 15) is 37.0 Å². The van der Waals surface area contributed by atoms with Crippen LogP contribution >= 0.6 is 23.2 Å². The zero-order valence-electron chi connectivity index (χ0n) is 16.6. The second kappa shape index (κ2) is 10.1. The van der Waals surface area contributed by atoms with Crippen LogP contribution in [0.25, 0.3) is 10.4 Å². The molecule has 192 valence electrons. The van der Waals surface area contributed by atoms with Crippen LogP contribution in [-0.2, 0) is 31.8 Å². The third-order valence-electron chi connectivity index (χ3n) is 4.03. The van der Waals surface area contributed by atoms with Crippen LogP contribution < -0.4 is 11.2 Å². The molecule has 2 unspecified atom stereocenters. The summed E-state index contributed by atoms with van der Waals surface area (Å²) in [6, 6.07) is -1.15. The highest BCUT2D eigenvalue weighted by atomic mass is 31.3. The van der Waals surface area contributed by atoms with Crippen molar-refractivity contribution in [1.29, 1.82) is 0 Å². The molecule has 2 rings (SSSR count). The molecule has 0 aliphatic carbocycles. The SMILES string of the molecule is Cc1cn([C@H]2C[C@H](N=[N+]=[N-])[C@@H](COP(=O)(O)OP(=O)(O)OC(F)(F)P(=O)(O)O)O2)c(=O)[nH]c1=O. The number of halogens is 2. The molecule has 2 heterocycles. The van der Waals surface area contributed by atoms with E-state index in [2.05, 4.69) is 23.4 Å². The summed E-state index contributed by atoms with van der Waals surface area (Å²) >= 11 is 0. The number of hydrogen-bond donors (Lipinski definition) is 5. The lowest BCUT2D eigenvalue weighted by Gasteiger charge is -2.22. The van der Waals surface area contributed by atoms with Crippen molar-refractivity contribution in [2.75, 3.05) is 6.61 Å². The first-order chi connectivity index (χ1) is 15.4. The summed E-state index contributed by atoms with van der Waals surface area (Å²) in [5, 5.41) is 3.36. The molecule has 1 aliphatic rings. The Morgan fingerprint density at radius 1 is 1.29 bits per heavy atom.